The van der Waals surface area contributed by atoms with E-state index in [9.17, 15) is 29.4 Å². The number of amides is 2. The zero-order valence-corrected chi connectivity index (χ0v) is 25.2. The van der Waals surface area contributed by atoms with Crippen LogP contribution in [-0.4, -0.2) is 45.5 Å². The number of nitrogens with one attached hydrogen (secondary N) is 3. The molecule has 10 nitrogen and oxygen atoms in total. The molecular formula is C33H36N4O6-2. The van der Waals surface area contributed by atoms with Gasteiger partial charge in [0.2, 0.25) is 5.91 Å². The molecule has 3 N–H and O–H groups in total. The summed E-state index contributed by atoms with van der Waals surface area (Å²) in [6.07, 6.45) is 6.37. The summed E-state index contributed by atoms with van der Waals surface area (Å²) in [5, 5.41) is 27.1. The minimum atomic E-state index is -1.18. The SMILES string of the molecule is C=CC1=C(C)C(=O)N[C@H]1Cc1[nH]c(/C=c2\[nH]/c(=C\C3=NC(=O)C(CC)=C3C)c(C)c2CCC(=O)[O-])c(CCC(=O)[O-])c1C. The van der Waals surface area contributed by atoms with Crippen LogP contribution in [0, 0.1) is 13.8 Å². The number of hydrogen-bond acceptors (Lipinski definition) is 6. The molecule has 4 heterocycles. The van der Waals surface area contributed by atoms with Crippen LogP contribution >= 0.6 is 0 Å². The first kappa shape index (κ1) is 31.2. The number of aliphatic carboxylic acids is 2. The Hall–Kier alpha value is -4.73. The number of rotatable bonds is 12. The van der Waals surface area contributed by atoms with E-state index in [1.807, 2.05) is 33.8 Å². The largest absolute Gasteiger partial charge is 0.550 e. The lowest BCUT2D eigenvalue weighted by molar-refractivity contribution is -0.307. The molecule has 4 rings (SSSR count). The van der Waals surface area contributed by atoms with Crippen LogP contribution in [0.15, 0.2) is 39.9 Å². The van der Waals surface area contributed by atoms with Gasteiger partial charge in [-0.05, 0) is 105 Å². The molecule has 0 saturated heterocycles. The van der Waals surface area contributed by atoms with Gasteiger partial charge >= 0.3 is 0 Å². The third-order valence-corrected chi connectivity index (χ3v) is 8.45. The number of aromatic amines is 2. The Balaban J connectivity index is 1.86. The number of carboxylic acids is 2. The third kappa shape index (κ3) is 6.38. The van der Waals surface area contributed by atoms with E-state index in [-0.39, 0.29) is 43.5 Å². The van der Waals surface area contributed by atoms with Crippen molar-refractivity contribution in [3.63, 3.8) is 0 Å². The van der Waals surface area contributed by atoms with E-state index in [1.54, 1.807) is 19.1 Å². The predicted molar refractivity (Wildman–Crippen MR) is 159 cm³/mol. The van der Waals surface area contributed by atoms with Crippen molar-refractivity contribution in [3.8, 4) is 0 Å². The summed E-state index contributed by atoms with van der Waals surface area (Å²) in [4.78, 5) is 58.4. The molecule has 226 valence electrons. The zero-order valence-electron chi connectivity index (χ0n) is 25.2. The fourth-order valence-electron chi connectivity index (χ4n) is 5.90. The molecule has 2 aliphatic heterocycles. The van der Waals surface area contributed by atoms with E-state index in [0.29, 0.717) is 46.1 Å². The second-order valence-electron chi connectivity index (χ2n) is 11.0. The summed E-state index contributed by atoms with van der Waals surface area (Å²) in [6.45, 7) is 13.1. The van der Waals surface area contributed by atoms with Crippen LogP contribution in [0.25, 0.3) is 12.2 Å². The number of aromatic nitrogens is 2. The van der Waals surface area contributed by atoms with Gasteiger partial charge in [-0.2, -0.15) is 0 Å². The Labute approximate surface area is 249 Å². The number of nitrogens with zero attached hydrogens (tertiary/aromatic N) is 1. The summed E-state index contributed by atoms with van der Waals surface area (Å²) < 4.78 is 0. The Kier molecular flexibility index (Phi) is 9.18. The number of carbonyl (C=O) groups excluding carboxylic acids is 4. The normalized spacial score (nSPS) is 17.8. The van der Waals surface area contributed by atoms with Crippen molar-refractivity contribution in [1.29, 1.82) is 0 Å². The molecule has 10 heteroatoms. The van der Waals surface area contributed by atoms with E-state index in [1.165, 1.54) is 0 Å². The van der Waals surface area contributed by atoms with E-state index in [4.69, 9.17) is 0 Å². The van der Waals surface area contributed by atoms with E-state index < -0.39 is 11.9 Å². The van der Waals surface area contributed by atoms with Crippen molar-refractivity contribution in [2.24, 2.45) is 4.99 Å². The van der Waals surface area contributed by atoms with Crippen molar-refractivity contribution in [1.82, 2.24) is 15.3 Å². The smallest absolute Gasteiger partial charge is 0.273 e. The van der Waals surface area contributed by atoms with Gasteiger partial charge < -0.3 is 35.1 Å². The molecule has 0 unspecified atom stereocenters. The van der Waals surface area contributed by atoms with Gasteiger partial charge in [0.1, 0.15) is 0 Å². The van der Waals surface area contributed by atoms with Crippen molar-refractivity contribution < 1.29 is 29.4 Å². The molecule has 0 aliphatic carbocycles. The molecule has 0 bridgehead atoms. The van der Waals surface area contributed by atoms with Crippen LogP contribution < -0.4 is 26.2 Å². The van der Waals surface area contributed by atoms with Crippen LogP contribution in [0.4, 0.5) is 0 Å². The monoisotopic (exact) mass is 584 g/mol. The summed E-state index contributed by atoms with van der Waals surface area (Å²) in [7, 11) is 0. The highest BCUT2D eigenvalue weighted by Crippen LogP contribution is 2.27. The maximum atomic E-state index is 12.3. The molecule has 43 heavy (non-hydrogen) atoms. The number of H-pyrrole nitrogens is 2. The van der Waals surface area contributed by atoms with Crippen LogP contribution in [0.2, 0.25) is 0 Å². The first-order valence-electron chi connectivity index (χ1n) is 14.3. The average Bonchev–Trinajstić information content (AvgIpc) is 3.59. The van der Waals surface area contributed by atoms with Crippen LogP contribution in [0.3, 0.4) is 0 Å². The lowest BCUT2D eigenvalue weighted by Gasteiger charge is -2.13. The number of carboxylic acid groups (broad SMARTS) is 2. The molecule has 0 fully saturated rings. The lowest BCUT2D eigenvalue weighted by atomic mass is 9.98. The quantitative estimate of drug-likeness (QED) is 0.321. The van der Waals surface area contributed by atoms with Crippen molar-refractivity contribution >= 4 is 41.6 Å². The third-order valence-electron chi connectivity index (χ3n) is 8.45. The molecule has 0 saturated carbocycles. The Morgan fingerprint density at radius 1 is 0.907 bits per heavy atom. The van der Waals surface area contributed by atoms with E-state index in [2.05, 4.69) is 26.9 Å². The number of hydrogen-bond donors (Lipinski definition) is 3. The van der Waals surface area contributed by atoms with Crippen molar-refractivity contribution in [2.45, 2.75) is 79.2 Å². The predicted octanol–water partition coefficient (Wildman–Crippen LogP) is 0.185. The summed E-state index contributed by atoms with van der Waals surface area (Å²) in [5.74, 6) is -2.76. The summed E-state index contributed by atoms with van der Waals surface area (Å²) >= 11 is 0. The topological polar surface area (TPSA) is 170 Å². The average molecular weight is 585 g/mol. The molecule has 2 aromatic heterocycles. The highest BCUT2D eigenvalue weighted by molar-refractivity contribution is 6.30. The first-order chi connectivity index (χ1) is 20.4. The molecule has 0 spiro atoms. The molecule has 0 radical (unpaired) electrons. The molecule has 2 aromatic rings. The highest BCUT2D eigenvalue weighted by atomic mass is 16.4. The van der Waals surface area contributed by atoms with Crippen LogP contribution in [0.1, 0.15) is 73.7 Å². The Morgan fingerprint density at radius 2 is 1.56 bits per heavy atom. The zero-order chi connectivity index (χ0) is 31.6. The van der Waals surface area contributed by atoms with Gasteiger partial charge in [0.15, 0.2) is 0 Å². The minimum absolute atomic E-state index is 0.152. The molecule has 0 aromatic carbocycles. The second kappa shape index (κ2) is 12.6. The van der Waals surface area contributed by atoms with Gasteiger partial charge in [-0.3, -0.25) is 9.59 Å². The number of allylic oxidation sites excluding steroid dienone is 1. The first-order valence-corrected chi connectivity index (χ1v) is 14.3. The maximum absolute atomic E-state index is 12.3. The Morgan fingerprint density at radius 3 is 2.14 bits per heavy atom. The van der Waals surface area contributed by atoms with E-state index >= 15 is 0 Å². The minimum Gasteiger partial charge on any atom is -0.550 e. The van der Waals surface area contributed by atoms with Gasteiger partial charge in [0.25, 0.3) is 5.91 Å². The molecule has 2 aliphatic rings. The maximum Gasteiger partial charge on any atom is 0.273 e. The van der Waals surface area contributed by atoms with Crippen molar-refractivity contribution in [2.75, 3.05) is 0 Å². The standard InChI is InChI=1S/C33H38N4O6/c1-7-20-19(6)32(42)37-27(20)14-25-18(5)23(10-12-31(40)41)29(35-25)15-28-22(9-11-30(38)39)17(4)24(34-28)13-26-16(3)21(8-2)33(43)36-26/h7,13,15,27,34-35H,1,8-12,14H2,2-6H3,(H,37,42)(H,38,39)(H,40,41)/p-2/b24-13-,28-15-/t27-/m0/s1. The fraction of sp³-hybridized carbons (Fsp3) is 0.364. The van der Waals surface area contributed by atoms with Gasteiger partial charge in [0, 0.05) is 51.6 Å². The molecule has 2 amide bonds. The van der Waals surface area contributed by atoms with Gasteiger partial charge in [0.05, 0.1) is 11.8 Å². The summed E-state index contributed by atoms with van der Waals surface area (Å²) in [5.41, 5.74) is 8.16. The fourth-order valence-corrected chi connectivity index (χ4v) is 5.90. The number of carbonyl (C=O) groups is 4. The van der Waals surface area contributed by atoms with Crippen molar-refractivity contribution in [3.05, 3.63) is 79.3 Å². The van der Waals surface area contributed by atoms with Gasteiger partial charge in [-0.25, -0.2) is 4.99 Å². The van der Waals surface area contributed by atoms with Gasteiger partial charge in [-0.15, -0.1) is 0 Å². The lowest BCUT2D eigenvalue weighted by Crippen LogP contribution is -2.30. The summed E-state index contributed by atoms with van der Waals surface area (Å²) in [6, 6.07) is -0.282. The van der Waals surface area contributed by atoms with Gasteiger partial charge in [-0.1, -0.05) is 19.6 Å². The highest BCUT2D eigenvalue weighted by Gasteiger charge is 2.28. The second-order valence-corrected chi connectivity index (χ2v) is 11.0. The Bertz CT molecular complexity index is 1760. The van der Waals surface area contributed by atoms with Crippen LogP contribution in [0.5, 0.6) is 0 Å². The number of aliphatic imine (C=N–C) groups is 1. The van der Waals surface area contributed by atoms with E-state index in [0.717, 1.165) is 39.1 Å². The molecular weight excluding hydrogens is 548 g/mol. The molecule has 1 atom stereocenters. The van der Waals surface area contributed by atoms with Crippen LogP contribution in [-0.2, 0) is 38.4 Å².